The first-order valence-electron chi connectivity index (χ1n) is 5.08. The third kappa shape index (κ3) is 4.65. The Bertz CT molecular complexity index is 153. The number of ether oxygens (including phenoxy) is 1. The fourth-order valence-corrected chi connectivity index (χ4v) is 1.92. The predicted octanol–water partition coefficient (Wildman–Crippen LogP) is 3.04. The number of hydrogen-bond acceptors (Lipinski definition) is 2. The van der Waals surface area contributed by atoms with Crippen molar-refractivity contribution in [2.45, 2.75) is 51.0 Å². The number of esters is 1. The van der Waals surface area contributed by atoms with Crippen LogP contribution in [0.1, 0.15) is 44.9 Å². The van der Waals surface area contributed by atoms with E-state index < -0.39 is 0 Å². The number of alkyl halides is 1. The van der Waals surface area contributed by atoms with E-state index in [0.29, 0.717) is 6.42 Å². The van der Waals surface area contributed by atoms with E-state index in [1.54, 1.807) is 0 Å². The van der Waals surface area contributed by atoms with Crippen molar-refractivity contribution >= 4 is 21.9 Å². The summed E-state index contributed by atoms with van der Waals surface area (Å²) < 4.78 is 5.33. The molecule has 13 heavy (non-hydrogen) atoms. The van der Waals surface area contributed by atoms with Gasteiger partial charge in [-0.2, -0.15) is 0 Å². The van der Waals surface area contributed by atoms with Crippen LogP contribution in [0.25, 0.3) is 0 Å². The topological polar surface area (TPSA) is 26.3 Å². The van der Waals surface area contributed by atoms with E-state index in [1.165, 1.54) is 19.3 Å². The largest absolute Gasteiger partial charge is 0.462 e. The number of rotatable bonds is 4. The van der Waals surface area contributed by atoms with Crippen molar-refractivity contribution in [2.75, 3.05) is 5.33 Å². The van der Waals surface area contributed by atoms with Crippen LogP contribution in [0.4, 0.5) is 0 Å². The summed E-state index contributed by atoms with van der Waals surface area (Å²) in [6, 6.07) is 0. The third-order valence-corrected chi connectivity index (χ3v) is 2.93. The minimum Gasteiger partial charge on any atom is -0.462 e. The average Bonchev–Trinajstić information content (AvgIpc) is 2.16. The lowest BCUT2D eigenvalue weighted by Gasteiger charge is -2.21. The summed E-state index contributed by atoms with van der Waals surface area (Å²) in [5, 5.41) is 0.882. The molecule has 0 atom stereocenters. The number of carbonyl (C=O) groups is 1. The van der Waals surface area contributed by atoms with E-state index in [1.807, 2.05) is 0 Å². The van der Waals surface area contributed by atoms with Crippen LogP contribution in [0.2, 0.25) is 0 Å². The molecule has 1 rings (SSSR count). The molecule has 76 valence electrons. The second-order valence-electron chi connectivity index (χ2n) is 3.54. The molecular weight excluding hydrogens is 232 g/mol. The van der Waals surface area contributed by atoms with Crippen molar-refractivity contribution in [3.05, 3.63) is 0 Å². The lowest BCUT2D eigenvalue weighted by atomic mass is 9.98. The van der Waals surface area contributed by atoms with Crippen LogP contribution in [0.15, 0.2) is 0 Å². The quantitative estimate of drug-likeness (QED) is 0.565. The van der Waals surface area contributed by atoms with Gasteiger partial charge in [0.2, 0.25) is 0 Å². The molecule has 2 nitrogen and oxygen atoms in total. The van der Waals surface area contributed by atoms with Crippen LogP contribution in [-0.2, 0) is 9.53 Å². The minimum absolute atomic E-state index is 0.0219. The highest BCUT2D eigenvalue weighted by Gasteiger charge is 2.16. The van der Waals surface area contributed by atoms with Gasteiger partial charge < -0.3 is 4.74 Å². The molecule has 1 aliphatic carbocycles. The summed E-state index contributed by atoms with van der Waals surface area (Å²) >= 11 is 3.30. The smallest absolute Gasteiger partial charge is 0.306 e. The van der Waals surface area contributed by atoms with E-state index in [0.717, 1.165) is 24.6 Å². The molecule has 0 N–H and O–H groups in total. The Kier molecular flexibility index (Phi) is 5.44. The maximum absolute atomic E-state index is 11.2. The highest BCUT2D eigenvalue weighted by atomic mass is 79.9. The molecule has 0 saturated heterocycles. The first-order valence-corrected chi connectivity index (χ1v) is 6.20. The molecule has 0 aromatic carbocycles. The van der Waals surface area contributed by atoms with Gasteiger partial charge in [0.1, 0.15) is 6.10 Å². The molecule has 0 aromatic rings. The monoisotopic (exact) mass is 248 g/mol. The summed E-state index contributed by atoms with van der Waals surface area (Å²) in [6.45, 7) is 0. The predicted molar refractivity (Wildman–Crippen MR) is 56.0 cm³/mol. The molecule has 0 heterocycles. The molecule has 0 unspecified atom stereocenters. The lowest BCUT2D eigenvalue weighted by molar-refractivity contribution is -0.150. The van der Waals surface area contributed by atoms with Gasteiger partial charge in [0.15, 0.2) is 0 Å². The maximum Gasteiger partial charge on any atom is 0.306 e. The Labute approximate surface area is 88.2 Å². The van der Waals surface area contributed by atoms with Crippen LogP contribution in [0.5, 0.6) is 0 Å². The number of halogens is 1. The Morgan fingerprint density at radius 3 is 2.62 bits per heavy atom. The summed E-state index contributed by atoms with van der Waals surface area (Å²) in [5.74, 6) is -0.0219. The molecule has 1 saturated carbocycles. The minimum atomic E-state index is -0.0219. The van der Waals surface area contributed by atoms with Gasteiger partial charge in [-0.1, -0.05) is 22.4 Å². The average molecular weight is 249 g/mol. The Morgan fingerprint density at radius 2 is 2.00 bits per heavy atom. The molecule has 0 bridgehead atoms. The molecule has 0 aromatic heterocycles. The molecule has 1 aliphatic rings. The first-order chi connectivity index (χ1) is 6.33. The van der Waals surface area contributed by atoms with Gasteiger partial charge in [-0.05, 0) is 32.1 Å². The van der Waals surface area contributed by atoms with Crippen LogP contribution in [-0.4, -0.2) is 17.4 Å². The highest BCUT2D eigenvalue weighted by molar-refractivity contribution is 9.09. The van der Waals surface area contributed by atoms with Gasteiger partial charge in [0, 0.05) is 11.8 Å². The fraction of sp³-hybridized carbons (Fsp3) is 0.900. The van der Waals surface area contributed by atoms with Crippen molar-refractivity contribution in [1.29, 1.82) is 0 Å². The van der Waals surface area contributed by atoms with Gasteiger partial charge in [-0.25, -0.2) is 0 Å². The van der Waals surface area contributed by atoms with Gasteiger partial charge >= 0.3 is 5.97 Å². The zero-order valence-corrected chi connectivity index (χ0v) is 9.51. The maximum atomic E-state index is 11.2. The summed E-state index contributed by atoms with van der Waals surface area (Å²) in [6.07, 6.45) is 7.53. The Balaban J connectivity index is 2.11. The first kappa shape index (κ1) is 11.0. The van der Waals surface area contributed by atoms with Crippen LogP contribution < -0.4 is 0 Å². The molecule has 0 spiro atoms. The Hall–Kier alpha value is -0.0500. The zero-order valence-electron chi connectivity index (χ0n) is 7.93. The molecule has 3 heteroatoms. The lowest BCUT2D eigenvalue weighted by Crippen LogP contribution is -2.20. The second-order valence-corrected chi connectivity index (χ2v) is 4.34. The summed E-state index contributed by atoms with van der Waals surface area (Å²) in [5.41, 5.74) is 0. The van der Waals surface area contributed by atoms with Crippen molar-refractivity contribution in [1.82, 2.24) is 0 Å². The van der Waals surface area contributed by atoms with Gasteiger partial charge in [0.05, 0.1) is 0 Å². The van der Waals surface area contributed by atoms with Gasteiger partial charge in [-0.3, -0.25) is 4.79 Å². The number of hydrogen-bond donors (Lipinski definition) is 0. The SMILES string of the molecule is O=C(CCCBr)OC1CCCCC1. The van der Waals surface area contributed by atoms with E-state index >= 15 is 0 Å². The van der Waals surface area contributed by atoms with Gasteiger partial charge in [0.25, 0.3) is 0 Å². The Morgan fingerprint density at radius 1 is 1.31 bits per heavy atom. The molecule has 0 radical (unpaired) electrons. The second kappa shape index (κ2) is 6.41. The molecular formula is C10H17BrO2. The van der Waals surface area contributed by atoms with Crippen LogP contribution in [0, 0.1) is 0 Å². The van der Waals surface area contributed by atoms with E-state index in [-0.39, 0.29) is 12.1 Å². The summed E-state index contributed by atoms with van der Waals surface area (Å²) in [4.78, 5) is 11.2. The number of carbonyl (C=O) groups excluding carboxylic acids is 1. The van der Waals surface area contributed by atoms with Crippen LogP contribution >= 0.6 is 15.9 Å². The summed E-state index contributed by atoms with van der Waals surface area (Å²) in [7, 11) is 0. The normalized spacial score (nSPS) is 18.5. The van der Waals surface area contributed by atoms with Crippen molar-refractivity contribution in [3.63, 3.8) is 0 Å². The van der Waals surface area contributed by atoms with Crippen LogP contribution in [0.3, 0.4) is 0 Å². The third-order valence-electron chi connectivity index (χ3n) is 2.36. The standard InChI is InChI=1S/C10H17BrO2/c11-8-4-7-10(12)13-9-5-2-1-3-6-9/h9H,1-8H2. The van der Waals surface area contributed by atoms with Crippen molar-refractivity contribution in [3.8, 4) is 0 Å². The van der Waals surface area contributed by atoms with Crippen molar-refractivity contribution < 1.29 is 9.53 Å². The fourth-order valence-electron chi connectivity index (χ4n) is 1.64. The van der Waals surface area contributed by atoms with Gasteiger partial charge in [-0.15, -0.1) is 0 Å². The van der Waals surface area contributed by atoms with E-state index in [4.69, 9.17) is 4.74 Å². The molecule has 0 amide bonds. The zero-order chi connectivity index (χ0) is 9.52. The molecule has 0 aliphatic heterocycles. The van der Waals surface area contributed by atoms with E-state index in [2.05, 4.69) is 15.9 Å². The van der Waals surface area contributed by atoms with Crippen molar-refractivity contribution in [2.24, 2.45) is 0 Å². The molecule has 1 fully saturated rings. The van der Waals surface area contributed by atoms with E-state index in [9.17, 15) is 4.79 Å². The highest BCUT2D eigenvalue weighted by Crippen LogP contribution is 2.20.